The van der Waals surface area contributed by atoms with Gasteiger partial charge in [-0.3, -0.25) is 0 Å². The lowest BCUT2D eigenvalue weighted by molar-refractivity contribution is 0.0303. The second-order valence-electron chi connectivity index (χ2n) is 5.41. The molecule has 0 aromatic carbocycles. The van der Waals surface area contributed by atoms with Crippen molar-refractivity contribution in [2.24, 2.45) is 5.92 Å². The first-order valence-electron chi connectivity index (χ1n) is 7.00. The minimum absolute atomic E-state index is 0.310. The molecule has 0 spiro atoms. The van der Waals surface area contributed by atoms with E-state index in [-0.39, 0.29) is 0 Å². The van der Waals surface area contributed by atoms with Crippen LogP contribution in [-0.4, -0.2) is 39.0 Å². The summed E-state index contributed by atoms with van der Waals surface area (Å²) in [6.45, 7) is 5.41. The molecule has 0 aliphatic carbocycles. The largest absolute Gasteiger partial charge is 0.380 e. The Kier molecular flexibility index (Phi) is 7.09. The van der Waals surface area contributed by atoms with Crippen molar-refractivity contribution < 1.29 is 9.47 Å². The van der Waals surface area contributed by atoms with Crippen LogP contribution in [0.2, 0.25) is 0 Å². The molecule has 1 saturated heterocycles. The highest BCUT2D eigenvalue weighted by Crippen LogP contribution is 2.20. The van der Waals surface area contributed by atoms with Gasteiger partial charge in [-0.1, -0.05) is 13.8 Å². The van der Waals surface area contributed by atoms with E-state index in [9.17, 15) is 0 Å². The first-order valence-corrected chi connectivity index (χ1v) is 7.00. The van der Waals surface area contributed by atoms with Gasteiger partial charge in [-0.15, -0.1) is 0 Å². The van der Waals surface area contributed by atoms with Crippen LogP contribution in [0.5, 0.6) is 0 Å². The summed E-state index contributed by atoms with van der Waals surface area (Å²) in [6, 6.07) is 0.460. The predicted molar refractivity (Wildman–Crippen MR) is 71.3 cm³/mol. The number of nitrogens with one attached hydrogen (secondary N) is 1. The highest BCUT2D eigenvalue weighted by atomic mass is 16.5. The fourth-order valence-electron chi connectivity index (χ4n) is 2.81. The fourth-order valence-corrected chi connectivity index (χ4v) is 2.81. The van der Waals surface area contributed by atoms with Crippen molar-refractivity contribution in [1.29, 1.82) is 0 Å². The summed E-state index contributed by atoms with van der Waals surface area (Å²) in [6.07, 6.45) is 6.93. The van der Waals surface area contributed by atoms with Gasteiger partial charge in [0, 0.05) is 19.8 Å². The number of ether oxygens (including phenoxy) is 2. The molecule has 0 aromatic rings. The van der Waals surface area contributed by atoms with Gasteiger partial charge in [0.05, 0.1) is 12.2 Å². The highest BCUT2D eigenvalue weighted by Gasteiger charge is 2.23. The highest BCUT2D eigenvalue weighted by molar-refractivity contribution is 4.79. The first kappa shape index (κ1) is 14.9. The SMILES string of the molecule is CNC(CCCC1CCCO1)C(OC)C(C)C. The van der Waals surface area contributed by atoms with Crippen LogP contribution in [0.25, 0.3) is 0 Å². The summed E-state index contributed by atoms with van der Waals surface area (Å²) in [7, 11) is 3.85. The molecule has 1 aliphatic rings. The number of hydrogen-bond acceptors (Lipinski definition) is 3. The van der Waals surface area contributed by atoms with Crippen LogP contribution in [0.15, 0.2) is 0 Å². The summed E-state index contributed by atoms with van der Waals surface area (Å²) in [5.74, 6) is 0.556. The molecule has 102 valence electrons. The quantitative estimate of drug-likeness (QED) is 0.711. The van der Waals surface area contributed by atoms with Gasteiger partial charge in [0.25, 0.3) is 0 Å². The average Bonchev–Trinajstić information content (AvgIpc) is 2.80. The van der Waals surface area contributed by atoms with E-state index in [1.54, 1.807) is 0 Å². The van der Waals surface area contributed by atoms with Gasteiger partial charge in [-0.05, 0) is 45.1 Å². The lowest BCUT2D eigenvalue weighted by Crippen LogP contribution is -2.42. The van der Waals surface area contributed by atoms with E-state index in [1.165, 1.54) is 32.1 Å². The van der Waals surface area contributed by atoms with Crippen molar-refractivity contribution >= 4 is 0 Å². The fraction of sp³-hybridized carbons (Fsp3) is 1.00. The molecule has 3 unspecified atom stereocenters. The molecule has 0 amide bonds. The smallest absolute Gasteiger partial charge is 0.0746 e. The summed E-state index contributed by atoms with van der Waals surface area (Å²) in [4.78, 5) is 0. The van der Waals surface area contributed by atoms with Crippen LogP contribution in [0.3, 0.4) is 0 Å². The standard InChI is InChI=1S/C14H29NO2/c1-11(2)14(16-4)13(15-3)9-5-7-12-8-6-10-17-12/h11-15H,5-10H2,1-4H3. The van der Waals surface area contributed by atoms with Crippen LogP contribution in [0.1, 0.15) is 46.0 Å². The van der Waals surface area contributed by atoms with Gasteiger partial charge < -0.3 is 14.8 Å². The Morgan fingerprint density at radius 1 is 1.41 bits per heavy atom. The van der Waals surface area contributed by atoms with E-state index in [2.05, 4.69) is 19.2 Å². The van der Waals surface area contributed by atoms with E-state index < -0.39 is 0 Å². The normalized spacial score (nSPS) is 24.2. The van der Waals surface area contributed by atoms with Crippen molar-refractivity contribution in [3.63, 3.8) is 0 Å². The van der Waals surface area contributed by atoms with Crippen molar-refractivity contribution in [1.82, 2.24) is 5.32 Å². The monoisotopic (exact) mass is 243 g/mol. The third kappa shape index (κ3) is 4.94. The lowest BCUT2D eigenvalue weighted by Gasteiger charge is -2.29. The first-order chi connectivity index (χ1) is 8.19. The number of hydrogen-bond donors (Lipinski definition) is 1. The second kappa shape index (κ2) is 8.06. The van der Waals surface area contributed by atoms with Crippen molar-refractivity contribution in [3.8, 4) is 0 Å². The van der Waals surface area contributed by atoms with Crippen LogP contribution in [-0.2, 0) is 9.47 Å². The van der Waals surface area contributed by atoms with E-state index in [0.717, 1.165) is 6.61 Å². The zero-order chi connectivity index (χ0) is 12.7. The van der Waals surface area contributed by atoms with Crippen LogP contribution in [0.4, 0.5) is 0 Å². The molecule has 1 heterocycles. The van der Waals surface area contributed by atoms with Gasteiger partial charge >= 0.3 is 0 Å². The molecular formula is C14H29NO2. The van der Waals surface area contributed by atoms with Gasteiger partial charge in [0.1, 0.15) is 0 Å². The molecule has 1 fully saturated rings. The van der Waals surface area contributed by atoms with E-state index in [1.807, 2.05) is 14.2 Å². The van der Waals surface area contributed by atoms with Gasteiger partial charge in [-0.2, -0.15) is 0 Å². The molecule has 17 heavy (non-hydrogen) atoms. The van der Waals surface area contributed by atoms with Gasteiger partial charge in [0.15, 0.2) is 0 Å². The molecule has 3 heteroatoms. The Bertz CT molecular complexity index is 191. The molecule has 0 radical (unpaired) electrons. The molecule has 1 N–H and O–H groups in total. The molecule has 3 nitrogen and oxygen atoms in total. The van der Waals surface area contributed by atoms with Crippen LogP contribution < -0.4 is 5.32 Å². The maximum absolute atomic E-state index is 5.65. The van der Waals surface area contributed by atoms with Crippen LogP contribution >= 0.6 is 0 Å². The molecule has 0 bridgehead atoms. The van der Waals surface area contributed by atoms with Gasteiger partial charge in [0.2, 0.25) is 0 Å². The van der Waals surface area contributed by atoms with Gasteiger partial charge in [-0.25, -0.2) is 0 Å². The maximum atomic E-state index is 5.65. The van der Waals surface area contributed by atoms with Crippen molar-refractivity contribution in [3.05, 3.63) is 0 Å². The maximum Gasteiger partial charge on any atom is 0.0746 e. The van der Waals surface area contributed by atoms with E-state index in [0.29, 0.717) is 24.2 Å². The molecule has 1 rings (SSSR count). The van der Waals surface area contributed by atoms with Crippen molar-refractivity contribution in [2.75, 3.05) is 20.8 Å². The zero-order valence-electron chi connectivity index (χ0n) is 11.9. The summed E-state index contributed by atoms with van der Waals surface area (Å²) in [5.41, 5.74) is 0. The van der Waals surface area contributed by atoms with E-state index >= 15 is 0 Å². The van der Waals surface area contributed by atoms with Crippen molar-refractivity contribution in [2.45, 2.75) is 64.2 Å². The molecule has 1 aliphatic heterocycles. The Morgan fingerprint density at radius 2 is 2.18 bits per heavy atom. The Labute approximate surface area is 106 Å². The number of methoxy groups -OCH3 is 1. The second-order valence-corrected chi connectivity index (χ2v) is 5.41. The molecular weight excluding hydrogens is 214 g/mol. The summed E-state index contributed by atoms with van der Waals surface area (Å²) in [5, 5.41) is 3.39. The molecule has 0 aromatic heterocycles. The lowest BCUT2D eigenvalue weighted by atomic mass is 9.94. The Morgan fingerprint density at radius 3 is 2.65 bits per heavy atom. The predicted octanol–water partition coefficient (Wildman–Crippen LogP) is 2.59. The summed E-state index contributed by atoms with van der Waals surface area (Å²) >= 11 is 0. The third-order valence-corrected chi connectivity index (χ3v) is 3.76. The third-order valence-electron chi connectivity index (χ3n) is 3.76. The van der Waals surface area contributed by atoms with E-state index in [4.69, 9.17) is 9.47 Å². The Balaban J connectivity index is 2.25. The zero-order valence-corrected chi connectivity index (χ0v) is 11.9. The average molecular weight is 243 g/mol. The number of rotatable bonds is 8. The molecule has 0 saturated carbocycles. The topological polar surface area (TPSA) is 30.5 Å². The summed E-state index contributed by atoms with van der Waals surface area (Å²) < 4.78 is 11.2. The minimum Gasteiger partial charge on any atom is -0.380 e. The number of likely N-dealkylation sites (N-methyl/N-ethyl adjacent to an activating group) is 1. The molecule has 3 atom stereocenters. The minimum atomic E-state index is 0.310. The van der Waals surface area contributed by atoms with Crippen LogP contribution in [0, 0.1) is 5.92 Å². The Hall–Kier alpha value is -0.120.